The van der Waals surface area contributed by atoms with Gasteiger partial charge >= 0.3 is 5.97 Å². The molecule has 1 rings (SSSR count). The Labute approximate surface area is 186 Å². The molecule has 30 heavy (non-hydrogen) atoms. The normalized spacial score (nSPS) is 12.8. The number of rotatable bonds is 14. The van der Waals surface area contributed by atoms with Crippen molar-refractivity contribution in [2.75, 3.05) is 7.11 Å². The van der Waals surface area contributed by atoms with Crippen molar-refractivity contribution in [2.24, 2.45) is 0 Å². The maximum atomic E-state index is 12.4. The van der Waals surface area contributed by atoms with Crippen LogP contribution in [0.1, 0.15) is 103 Å². The Morgan fingerprint density at radius 1 is 1.00 bits per heavy atom. The van der Waals surface area contributed by atoms with Crippen molar-refractivity contribution in [1.29, 1.82) is 0 Å². The molecule has 0 amide bonds. The summed E-state index contributed by atoms with van der Waals surface area (Å²) in [6, 6.07) is 6.00. The average Bonchev–Trinajstić information content (AvgIpc) is 2.68. The number of carbonyl (C=O) groups is 1. The Hall–Kier alpha value is -1.33. The minimum atomic E-state index is -1.40. The lowest BCUT2D eigenvalue weighted by Gasteiger charge is -2.25. The fourth-order valence-corrected chi connectivity index (χ4v) is 4.18. The second-order valence-corrected chi connectivity index (χ2v) is 11.8. The van der Waals surface area contributed by atoms with Crippen LogP contribution in [-0.2, 0) is 19.4 Å². The van der Waals surface area contributed by atoms with Crippen molar-refractivity contribution in [3.05, 3.63) is 29.3 Å². The molecule has 0 aromatic heterocycles. The highest BCUT2D eigenvalue weighted by Crippen LogP contribution is 2.34. The molecule has 172 valence electrons. The summed E-state index contributed by atoms with van der Waals surface area (Å²) < 4.78 is 17.4. The van der Waals surface area contributed by atoms with Crippen molar-refractivity contribution in [3.8, 4) is 5.75 Å². The lowest BCUT2D eigenvalue weighted by atomic mass is 9.86. The maximum absolute atomic E-state index is 12.4. The fraction of sp³-hybridized carbons (Fsp3) is 0.720. The Morgan fingerprint density at radius 2 is 1.60 bits per heavy atom. The molecule has 0 heterocycles. The highest BCUT2D eigenvalue weighted by atomic mass is 28.3. The predicted octanol–water partition coefficient (Wildman–Crippen LogP) is 7.07. The lowest BCUT2D eigenvalue weighted by molar-refractivity contribution is -0.165. The zero-order valence-electron chi connectivity index (χ0n) is 20.4. The number of unbranched alkanes of at least 4 members (excludes halogenated alkanes) is 7. The molecular weight excluding hydrogens is 392 g/mol. The van der Waals surface area contributed by atoms with Crippen molar-refractivity contribution < 1.29 is 18.7 Å². The SMILES string of the molecule is CCCCCCCCCCC(=O)OC(O[SiH](C)C)c1ccc(C(C)(C)C)c(OC)c1. The van der Waals surface area contributed by atoms with Crippen LogP contribution >= 0.6 is 0 Å². The molecule has 0 N–H and O–H groups in total. The smallest absolute Gasteiger partial charge is 0.308 e. The first-order valence-electron chi connectivity index (χ1n) is 11.7. The van der Waals surface area contributed by atoms with E-state index in [4.69, 9.17) is 13.9 Å². The first-order valence-corrected chi connectivity index (χ1v) is 14.5. The Bertz CT molecular complexity index is 622. The zero-order chi connectivity index (χ0) is 22.6. The van der Waals surface area contributed by atoms with E-state index in [1.165, 1.54) is 38.5 Å². The van der Waals surface area contributed by atoms with Crippen LogP contribution in [-0.4, -0.2) is 22.1 Å². The summed E-state index contributed by atoms with van der Waals surface area (Å²) >= 11 is 0. The average molecular weight is 437 g/mol. The van der Waals surface area contributed by atoms with Gasteiger partial charge in [-0.2, -0.15) is 0 Å². The number of hydrogen-bond acceptors (Lipinski definition) is 4. The lowest BCUT2D eigenvalue weighted by Crippen LogP contribution is -2.20. The van der Waals surface area contributed by atoms with Crippen LogP contribution in [0.5, 0.6) is 5.75 Å². The topological polar surface area (TPSA) is 44.8 Å². The van der Waals surface area contributed by atoms with E-state index in [0.29, 0.717) is 6.42 Å². The molecule has 0 fully saturated rings. The van der Waals surface area contributed by atoms with Gasteiger partial charge in [0.2, 0.25) is 6.29 Å². The summed E-state index contributed by atoms with van der Waals surface area (Å²) in [5.41, 5.74) is 1.94. The van der Waals surface area contributed by atoms with Crippen LogP contribution in [0.3, 0.4) is 0 Å². The number of methoxy groups -OCH3 is 1. The molecule has 1 unspecified atom stereocenters. The maximum Gasteiger partial charge on any atom is 0.308 e. The van der Waals surface area contributed by atoms with Crippen LogP contribution in [0.25, 0.3) is 0 Å². The molecule has 1 atom stereocenters. The minimum absolute atomic E-state index is 0.0275. The van der Waals surface area contributed by atoms with Gasteiger partial charge in [0.25, 0.3) is 0 Å². The van der Waals surface area contributed by atoms with Crippen LogP contribution in [0.4, 0.5) is 0 Å². The van der Waals surface area contributed by atoms with Gasteiger partial charge in [0.1, 0.15) is 5.75 Å². The molecule has 5 heteroatoms. The number of carbonyl (C=O) groups excluding carboxylic acids is 1. The van der Waals surface area contributed by atoms with Crippen molar-refractivity contribution >= 4 is 15.0 Å². The zero-order valence-corrected chi connectivity index (χ0v) is 21.5. The number of esters is 1. The van der Waals surface area contributed by atoms with Gasteiger partial charge in [-0.05, 0) is 36.6 Å². The quantitative estimate of drug-likeness (QED) is 0.135. The fourth-order valence-electron chi connectivity index (χ4n) is 3.48. The Balaban J connectivity index is 2.64. The molecule has 0 aliphatic carbocycles. The van der Waals surface area contributed by atoms with Crippen LogP contribution < -0.4 is 4.74 Å². The minimum Gasteiger partial charge on any atom is -0.496 e. The van der Waals surface area contributed by atoms with E-state index >= 15 is 0 Å². The van der Waals surface area contributed by atoms with Gasteiger partial charge in [-0.3, -0.25) is 4.79 Å². The van der Waals surface area contributed by atoms with Gasteiger partial charge in [0, 0.05) is 12.0 Å². The van der Waals surface area contributed by atoms with Crippen LogP contribution in [0.2, 0.25) is 13.1 Å². The molecule has 0 saturated carbocycles. The summed E-state index contributed by atoms with van der Waals surface area (Å²) in [6.07, 6.45) is 9.46. The second-order valence-electron chi connectivity index (χ2n) is 9.44. The third-order valence-electron chi connectivity index (χ3n) is 5.17. The molecular formula is C25H44O4Si. The van der Waals surface area contributed by atoms with E-state index in [9.17, 15) is 4.79 Å². The van der Waals surface area contributed by atoms with Gasteiger partial charge in [0.05, 0.1) is 7.11 Å². The summed E-state index contributed by atoms with van der Waals surface area (Å²) in [7, 11) is 0.278. The van der Waals surface area contributed by atoms with Crippen molar-refractivity contribution in [1.82, 2.24) is 0 Å². The monoisotopic (exact) mass is 436 g/mol. The first-order chi connectivity index (χ1) is 14.2. The summed E-state index contributed by atoms with van der Waals surface area (Å²) in [5.74, 6) is 0.623. The summed E-state index contributed by atoms with van der Waals surface area (Å²) in [4.78, 5) is 12.4. The van der Waals surface area contributed by atoms with E-state index in [2.05, 4.69) is 46.9 Å². The summed E-state index contributed by atoms with van der Waals surface area (Å²) in [6.45, 7) is 12.9. The summed E-state index contributed by atoms with van der Waals surface area (Å²) in [5, 5.41) is 0. The number of ether oxygens (including phenoxy) is 2. The Kier molecular flexibility index (Phi) is 12.3. The Morgan fingerprint density at radius 3 is 2.13 bits per heavy atom. The van der Waals surface area contributed by atoms with E-state index in [0.717, 1.165) is 29.7 Å². The van der Waals surface area contributed by atoms with E-state index in [-0.39, 0.29) is 11.4 Å². The van der Waals surface area contributed by atoms with Gasteiger partial charge < -0.3 is 13.9 Å². The van der Waals surface area contributed by atoms with Crippen molar-refractivity contribution in [3.63, 3.8) is 0 Å². The molecule has 0 aliphatic rings. The van der Waals surface area contributed by atoms with Crippen LogP contribution in [0, 0.1) is 0 Å². The molecule has 0 saturated heterocycles. The van der Waals surface area contributed by atoms with Crippen molar-refractivity contribution in [2.45, 2.75) is 110 Å². The highest BCUT2D eigenvalue weighted by molar-refractivity contribution is 6.48. The third kappa shape index (κ3) is 10.1. The second kappa shape index (κ2) is 13.9. The van der Waals surface area contributed by atoms with Gasteiger partial charge in [-0.15, -0.1) is 0 Å². The predicted molar refractivity (Wildman–Crippen MR) is 128 cm³/mol. The largest absolute Gasteiger partial charge is 0.496 e. The number of hydrogen-bond donors (Lipinski definition) is 0. The van der Waals surface area contributed by atoms with Gasteiger partial charge in [-0.1, -0.05) is 84.8 Å². The van der Waals surface area contributed by atoms with E-state index in [1.54, 1.807) is 7.11 Å². The highest BCUT2D eigenvalue weighted by Gasteiger charge is 2.24. The number of benzene rings is 1. The molecule has 1 aromatic rings. The van der Waals surface area contributed by atoms with E-state index in [1.807, 2.05) is 12.1 Å². The molecule has 1 aromatic carbocycles. The first kappa shape index (κ1) is 26.7. The molecule has 4 nitrogen and oxygen atoms in total. The van der Waals surface area contributed by atoms with Gasteiger partial charge in [0.15, 0.2) is 9.04 Å². The van der Waals surface area contributed by atoms with E-state index < -0.39 is 15.3 Å². The molecule has 0 bridgehead atoms. The van der Waals surface area contributed by atoms with Crippen LogP contribution in [0.15, 0.2) is 18.2 Å². The standard InChI is InChI=1S/C25H44O4Si/c1-8-9-10-11-12-13-14-15-16-23(26)28-24(29-30(6)7)20-17-18-21(25(2,3)4)22(19-20)27-5/h17-19,24,30H,8-16H2,1-7H3. The molecule has 0 aliphatic heterocycles. The third-order valence-corrected chi connectivity index (χ3v) is 5.97. The van der Waals surface area contributed by atoms with Gasteiger partial charge in [-0.25, -0.2) is 0 Å². The molecule has 0 spiro atoms. The molecule has 0 radical (unpaired) electrons.